The minimum absolute atomic E-state index is 0.320. The van der Waals surface area contributed by atoms with Crippen molar-refractivity contribution >= 4 is 18.6 Å². The van der Waals surface area contributed by atoms with Crippen molar-refractivity contribution in [1.82, 2.24) is 5.16 Å². The standard InChI is InChI=1S/C14H22BNO5/c1-7-9(12(17)18)11-10(8(2)16-19-11)15-20-13(3,4)14(5,6)21-15/h9H,7H2,1-6H3,(H,17,18). The van der Waals surface area contributed by atoms with E-state index in [1.165, 1.54) is 0 Å². The van der Waals surface area contributed by atoms with E-state index in [0.29, 0.717) is 23.3 Å². The lowest BCUT2D eigenvalue weighted by Crippen LogP contribution is -2.41. The summed E-state index contributed by atoms with van der Waals surface area (Å²) in [5.41, 5.74) is 0.207. The molecule has 1 atom stereocenters. The molecule has 21 heavy (non-hydrogen) atoms. The van der Waals surface area contributed by atoms with Crippen molar-refractivity contribution in [3.8, 4) is 0 Å². The van der Waals surface area contributed by atoms with Crippen LogP contribution in [-0.4, -0.2) is 34.6 Å². The summed E-state index contributed by atoms with van der Waals surface area (Å²) in [6.07, 6.45) is 0.413. The van der Waals surface area contributed by atoms with Crippen LogP contribution >= 0.6 is 0 Å². The van der Waals surface area contributed by atoms with Gasteiger partial charge in [0.1, 0.15) is 5.92 Å². The van der Waals surface area contributed by atoms with E-state index >= 15 is 0 Å². The second kappa shape index (κ2) is 5.14. The summed E-state index contributed by atoms with van der Waals surface area (Å²) in [7, 11) is -0.662. The highest BCUT2D eigenvalue weighted by molar-refractivity contribution is 6.63. The molecule has 0 radical (unpaired) electrons. The van der Waals surface area contributed by atoms with E-state index < -0.39 is 30.2 Å². The molecule has 2 heterocycles. The lowest BCUT2D eigenvalue weighted by atomic mass is 9.75. The minimum atomic E-state index is -0.939. The number of carboxylic acids is 1. The van der Waals surface area contributed by atoms with Gasteiger partial charge in [0.15, 0.2) is 5.76 Å². The number of hydrogen-bond acceptors (Lipinski definition) is 5. The van der Waals surface area contributed by atoms with Gasteiger partial charge in [-0.15, -0.1) is 0 Å². The van der Waals surface area contributed by atoms with Crippen molar-refractivity contribution in [2.45, 2.75) is 65.1 Å². The van der Waals surface area contributed by atoms with Crippen LogP contribution in [0, 0.1) is 6.92 Å². The normalized spacial score (nSPS) is 21.5. The van der Waals surface area contributed by atoms with Crippen molar-refractivity contribution in [3.63, 3.8) is 0 Å². The second-order valence-electron chi connectivity index (χ2n) is 6.43. The maximum absolute atomic E-state index is 11.4. The molecule has 0 bridgehead atoms. The molecule has 1 N–H and O–H groups in total. The van der Waals surface area contributed by atoms with Crippen molar-refractivity contribution in [2.24, 2.45) is 0 Å². The summed E-state index contributed by atoms with van der Waals surface area (Å²) in [5, 5.41) is 13.2. The third kappa shape index (κ3) is 2.60. The molecule has 1 unspecified atom stereocenters. The summed E-state index contributed by atoms with van der Waals surface area (Å²) in [6, 6.07) is 0. The van der Waals surface area contributed by atoms with Crippen LogP contribution in [0.25, 0.3) is 0 Å². The van der Waals surface area contributed by atoms with Crippen molar-refractivity contribution in [1.29, 1.82) is 0 Å². The van der Waals surface area contributed by atoms with Crippen molar-refractivity contribution in [2.75, 3.05) is 0 Å². The van der Waals surface area contributed by atoms with Crippen molar-refractivity contribution < 1.29 is 23.7 Å². The maximum Gasteiger partial charge on any atom is 0.500 e. The van der Waals surface area contributed by atoms with Gasteiger partial charge in [0.25, 0.3) is 0 Å². The summed E-state index contributed by atoms with van der Waals surface area (Å²) >= 11 is 0. The summed E-state index contributed by atoms with van der Waals surface area (Å²) in [5.74, 6) is -1.37. The van der Waals surface area contributed by atoms with Gasteiger partial charge in [-0.25, -0.2) is 0 Å². The fourth-order valence-corrected chi connectivity index (χ4v) is 2.37. The molecule has 2 rings (SSSR count). The molecule has 1 saturated heterocycles. The average molecular weight is 295 g/mol. The fourth-order valence-electron chi connectivity index (χ4n) is 2.37. The molecule has 116 valence electrons. The molecule has 0 saturated carbocycles. The molecule has 7 heteroatoms. The quantitative estimate of drug-likeness (QED) is 0.854. The molecule has 1 aliphatic rings. The molecule has 1 aromatic rings. The van der Waals surface area contributed by atoms with Gasteiger partial charge in [0.2, 0.25) is 0 Å². The molecular formula is C14H22BNO5. The van der Waals surface area contributed by atoms with Crippen LogP contribution < -0.4 is 5.46 Å². The summed E-state index contributed by atoms with van der Waals surface area (Å²) < 4.78 is 17.2. The highest BCUT2D eigenvalue weighted by Crippen LogP contribution is 2.37. The van der Waals surface area contributed by atoms with E-state index in [0.717, 1.165) is 0 Å². The van der Waals surface area contributed by atoms with Gasteiger partial charge >= 0.3 is 13.1 Å². The molecule has 0 aliphatic carbocycles. The number of rotatable bonds is 4. The minimum Gasteiger partial charge on any atom is -0.481 e. The largest absolute Gasteiger partial charge is 0.500 e. The van der Waals surface area contributed by atoms with E-state index in [1.54, 1.807) is 13.8 Å². The van der Waals surface area contributed by atoms with Gasteiger partial charge in [-0.05, 0) is 41.0 Å². The molecular weight excluding hydrogens is 273 g/mol. The van der Waals surface area contributed by atoms with Crippen LogP contribution in [-0.2, 0) is 14.1 Å². The second-order valence-corrected chi connectivity index (χ2v) is 6.43. The highest BCUT2D eigenvalue weighted by Gasteiger charge is 2.54. The Balaban J connectivity index is 2.42. The zero-order chi connectivity index (χ0) is 16.0. The number of nitrogens with zero attached hydrogens (tertiary/aromatic N) is 1. The summed E-state index contributed by atoms with van der Waals surface area (Å²) in [4.78, 5) is 11.4. The Bertz CT molecular complexity index is 536. The average Bonchev–Trinajstić information content (AvgIpc) is 2.78. The molecule has 1 aromatic heterocycles. The van der Waals surface area contributed by atoms with Gasteiger partial charge in [-0.1, -0.05) is 12.1 Å². The van der Waals surface area contributed by atoms with Crippen LogP contribution in [0.2, 0.25) is 0 Å². The van der Waals surface area contributed by atoms with Gasteiger partial charge in [-0.2, -0.15) is 0 Å². The summed E-state index contributed by atoms with van der Waals surface area (Å²) in [6.45, 7) is 11.4. The molecule has 0 aromatic carbocycles. The molecule has 0 spiro atoms. The number of hydrogen-bond donors (Lipinski definition) is 1. The van der Waals surface area contributed by atoms with Crippen LogP contribution in [0.1, 0.15) is 58.4 Å². The van der Waals surface area contributed by atoms with Gasteiger partial charge in [-0.3, -0.25) is 4.79 Å². The molecule has 1 fully saturated rings. The Morgan fingerprint density at radius 2 is 1.81 bits per heavy atom. The predicted octanol–water partition coefficient (Wildman–Crippen LogP) is 1.86. The first kappa shape index (κ1) is 16.0. The van der Waals surface area contributed by atoms with E-state index in [9.17, 15) is 9.90 Å². The number of aryl methyl sites for hydroxylation is 1. The zero-order valence-electron chi connectivity index (χ0n) is 13.4. The Kier molecular flexibility index (Phi) is 3.93. The Morgan fingerprint density at radius 1 is 1.29 bits per heavy atom. The molecule has 6 nitrogen and oxygen atoms in total. The Hall–Kier alpha value is -1.34. The molecule has 0 amide bonds. The van der Waals surface area contributed by atoms with E-state index in [1.807, 2.05) is 27.7 Å². The van der Waals surface area contributed by atoms with E-state index in [2.05, 4.69) is 5.16 Å². The monoisotopic (exact) mass is 295 g/mol. The van der Waals surface area contributed by atoms with Crippen molar-refractivity contribution in [3.05, 3.63) is 11.5 Å². The van der Waals surface area contributed by atoms with Gasteiger partial charge in [0.05, 0.1) is 16.9 Å². The van der Waals surface area contributed by atoms with Gasteiger partial charge < -0.3 is 18.9 Å². The Morgan fingerprint density at radius 3 is 2.24 bits per heavy atom. The zero-order valence-corrected chi connectivity index (χ0v) is 13.4. The first-order chi connectivity index (χ1) is 9.60. The van der Waals surface area contributed by atoms with Crippen LogP contribution in [0.4, 0.5) is 0 Å². The first-order valence-corrected chi connectivity index (χ1v) is 7.15. The number of carbonyl (C=O) groups is 1. The lowest BCUT2D eigenvalue weighted by Gasteiger charge is -2.32. The van der Waals surface area contributed by atoms with Gasteiger partial charge in [0, 0.05) is 5.46 Å². The predicted molar refractivity (Wildman–Crippen MR) is 77.6 cm³/mol. The van der Waals surface area contributed by atoms with Crippen LogP contribution in [0.5, 0.6) is 0 Å². The van der Waals surface area contributed by atoms with E-state index in [4.69, 9.17) is 13.8 Å². The number of carboxylic acid groups (broad SMARTS) is 1. The third-order valence-electron chi connectivity index (χ3n) is 4.45. The third-order valence-corrected chi connectivity index (χ3v) is 4.45. The first-order valence-electron chi connectivity index (χ1n) is 7.15. The van der Waals surface area contributed by atoms with E-state index in [-0.39, 0.29) is 0 Å². The smallest absolute Gasteiger partial charge is 0.481 e. The number of aliphatic carboxylic acids is 1. The SMILES string of the molecule is CCC(C(=O)O)c1onc(C)c1B1OC(C)(C)C(C)(C)O1. The highest BCUT2D eigenvalue weighted by atomic mass is 16.7. The topological polar surface area (TPSA) is 81.8 Å². The van der Waals surface area contributed by atoms with Crippen LogP contribution in [0.3, 0.4) is 0 Å². The number of aromatic nitrogens is 1. The van der Waals surface area contributed by atoms with Crippen LogP contribution in [0.15, 0.2) is 4.52 Å². The molecule has 1 aliphatic heterocycles. The Labute approximate surface area is 124 Å². The lowest BCUT2D eigenvalue weighted by molar-refractivity contribution is -0.139. The maximum atomic E-state index is 11.4. The fraction of sp³-hybridized carbons (Fsp3) is 0.714.